The molecule has 6 nitrogen and oxygen atoms in total. The van der Waals surface area contributed by atoms with E-state index in [0.29, 0.717) is 30.3 Å². The van der Waals surface area contributed by atoms with Crippen LogP contribution in [-0.4, -0.2) is 91.8 Å². The third kappa shape index (κ3) is 11.0. The molecule has 0 aromatic carbocycles. The number of aliphatic hydroxyl groups is 1. The predicted octanol–water partition coefficient (Wildman–Crippen LogP) is 5.07. The zero-order valence-electron chi connectivity index (χ0n) is 24.8. The number of piperazine rings is 1. The van der Waals surface area contributed by atoms with Gasteiger partial charge < -0.3 is 16.2 Å². The Bertz CT molecular complexity index is 768. The van der Waals surface area contributed by atoms with E-state index < -0.39 is 0 Å². The molecule has 37 heavy (non-hydrogen) atoms. The Kier molecular flexibility index (Phi) is 14.6. The first-order chi connectivity index (χ1) is 17.9. The monoisotopic (exact) mass is 515 g/mol. The largest absolute Gasteiger partial charge is 0.511 e. The first-order valence-corrected chi connectivity index (χ1v) is 14.7. The van der Waals surface area contributed by atoms with Crippen LogP contribution >= 0.6 is 0 Å². The zero-order valence-corrected chi connectivity index (χ0v) is 24.8. The summed E-state index contributed by atoms with van der Waals surface area (Å²) in [4.78, 5) is 7.81. The molecule has 1 aliphatic carbocycles. The molecule has 0 bridgehead atoms. The van der Waals surface area contributed by atoms with Crippen LogP contribution in [0.1, 0.15) is 72.6 Å². The second kappa shape index (κ2) is 17.1. The second-order valence-electron chi connectivity index (χ2n) is 11.5. The standard InChI is InChI=1S/C30H52N4O.CH5N/c1-24(2)11-12-25(3)21-32-15-13-29(14-16-32)34-18-17-33(22-26(34)4)23-30(35)19-28(20-31-5)27-9-7-6-8-10-27;1-2/h11-12,19-20,26-27,29,31,35H,6-10,13-18,21-23H2,1-5H3;2H2,1H3/b25-12+,28-20+,30-19+;. The first-order valence-electron chi connectivity index (χ1n) is 14.7. The molecule has 6 heteroatoms. The number of piperidine rings is 1. The lowest BCUT2D eigenvalue weighted by molar-refractivity contribution is 0.0234. The van der Waals surface area contributed by atoms with Gasteiger partial charge in [0.25, 0.3) is 0 Å². The van der Waals surface area contributed by atoms with Crippen LogP contribution in [0.5, 0.6) is 0 Å². The van der Waals surface area contributed by atoms with Gasteiger partial charge in [-0.1, -0.05) is 42.6 Å². The van der Waals surface area contributed by atoms with Crippen molar-refractivity contribution in [2.75, 3.05) is 59.9 Å². The van der Waals surface area contributed by atoms with E-state index in [-0.39, 0.29) is 0 Å². The number of nitrogens with two attached hydrogens (primary N) is 1. The van der Waals surface area contributed by atoms with Crippen LogP contribution in [0.25, 0.3) is 0 Å². The van der Waals surface area contributed by atoms with Gasteiger partial charge in [0.05, 0.1) is 6.54 Å². The molecule has 3 aliphatic rings. The van der Waals surface area contributed by atoms with Crippen molar-refractivity contribution in [2.45, 2.75) is 84.7 Å². The van der Waals surface area contributed by atoms with E-state index in [0.717, 1.165) is 26.2 Å². The van der Waals surface area contributed by atoms with Crippen LogP contribution in [-0.2, 0) is 0 Å². The molecule has 2 heterocycles. The third-order valence-electron chi connectivity index (χ3n) is 8.07. The number of hydrogen-bond donors (Lipinski definition) is 3. The SMILES string of the molecule is CN.CN/C=C(\C=C(\O)CN1CCN(C2CCN(C/C(C)=C/C=C(C)C)CC2)C(C)C1)C1CCCCC1. The summed E-state index contributed by atoms with van der Waals surface area (Å²) in [7, 11) is 3.46. The summed E-state index contributed by atoms with van der Waals surface area (Å²) in [6.45, 7) is 16.3. The fourth-order valence-corrected chi connectivity index (χ4v) is 6.20. The van der Waals surface area contributed by atoms with Gasteiger partial charge in [-0.05, 0) is 97.3 Å². The van der Waals surface area contributed by atoms with Crippen LogP contribution in [0.15, 0.2) is 46.9 Å². The van der Waals surface area contributed by atoms with Gasteiger partial charge in [-0.15, -0.1) is 0 Å². The normalized spacial score (nSPS) is 24.4. The minimum Gasteiger partial charge on any atom is -0.511 e. The maximum atomic E-state index is 10.8. The molecule has 0 aromatic rings. The molecular weight excluding hydrogens is 458 g/mol. The predicted molar refractivity (Wildman–Crippen MR) is 160 cm³/mol. The molecule has 0 amide bonds. The number of nitrogens with zero attached hydrogens (tertiary/aromatic N) is 3. The Morgan fingerprint density at radius 3 is 2.16 bits per heavy atom. The van der Waals surface area contributed by atoms with Gasteiger partial charge in [0.15, 0.2) is 0 Å². The maximum Gasteiger partial charge on any atom is 0.107 e. The molecule has 1 atom stereocenters. The van der Waals surface area contributed by atoms with Gasteiger partial charge in [-0.2, -0.15) is 0 Å². The molecular formula is C31H57N5O. The van der Waals surface area contributed by atoms with Crippen LogP contribution in [0.4, 0.5) is 0 Å². The van der Waals surface area contributed by atoms with E-state index in [9.17, 15) is 5.11 Å². The molecule has 3 rings (SSSR count). The van der Waals surface area contributed by atoms with E-state index >= 15 is 0 Å². The van der Waals surface area contributed by atoms with Crippen molar-refractivity contribution in [3.05, 3.63) is 46.9 Å². The average molecular weight is 516 g/mol. The Morgan fingerprint density at radius 1 is 0.892 bits per heavy atom. The van der Waals surface area contributed by atoms with E-state index in [4.69, 9.17) is 0 Å². The molecule has 0 spiro atoms. The number of allylic oxidation sites excluding steroid dienone is 5. The van der Waals surface area contributed by atoms with Gasteiger partial charge in [-0.3, -0.25) is 14.7 Å². The highest BCUT2D eigenvalue weighted by Crippen LogP contribution is 2.30. The molecule has 0 radical (unpaired) electrons. The second-order valence-corrected chi connectivity index (χ2v) is 11.5. The summed E-state index contributed by atoms with van der Waals surface area (Å²) in [6, 6.07) is 1.24. The molecule has 212 valence electrons. The molecule has 1 unspecified atom stereocenters. The van der Waals surface area contributed by atoms with Crippen LogP contribution in [0.3, 0.4) is 0 Å². The average Bonchev–Trinajstić information content (AvgIpc) is 2.89. The highest BCUT2D eigenvalue weighted by molar-refractivity contribution is 5.24. The lowest BCUT2D eigenvalue weighted by Crippen LogP contribution is -2.57. The van der Waals surface area contributed by atoms with Crippen molar-refractivity contribution >= 4 is 0 Å². The van der Waals surface area contributed by atoms with Gasteiger partial charge in [0, 0.05) is 45.3 Å². The van der Waals surface area contributed by atoms with Crippen LogP contribution < -0.4 is 11.1 Å². The van der Waals surface area contributed by atoms with Crippen molar-refractivity contribution < 1.29 is 5.11 Å². The van der Waals surface area contributed by atoms with Crippen molar-refractivity contribution in [3.63, 3.8) is 0 Å². The van der Waals surface area contributed by atoms with Crippen molar-refractivity contribution in [1.82, 2.24) is 20.0 Å². The Hall–Kier alpha value is -1.60. The van der Waals surface area contributed by atoms with Crippen molar-refractivity contribution in [1.29, 1.82) is 0 Å². The molecule has 2 aliphatic heterocycles. The quantitative estimate of drug-likeness (QED) is 0.294. The van der Waals surface area contributed by atoms with Gasteiger partial charge in [0.2, 0.25) is 0 Å². The Labute approximate surface area is 228 Å². The van der Waals surface area contributed by atoms with Gasteiger partial charge in [-0.25, -0.2) is 0 Å². The van der Waals surface area contributed by atoms with Crippen molar-refractivity contribution in [3.8, 4) is 0 Å². The summed E-state index contributed by atoms with van der Waals surface area (Å²) in [5, 5.41) is 14.0. The molecule has 0 aromatic heterocycles. The molecule has 3 fully saturated rings. The highest BCUT2D eigenvalue weighted by Gasteiger charge is 2.31. The van der Waals surface area contributed by atoms with Crippen molar-refractivity contribution in [2.24, 2.45) is 11.7 Å². The lowest BCUT2D eigenvalue weighted by atomic mass is 9.84. The minimum atomic E-state index is 0.516. The number of likely N-dealkylation sites (tertiary alicyclic amines) is 1. The van der Waals surface area contributed by atoms with Crippen LogP contribution in [0.2, 0.25) is 0 Å². The van der Waals surface area contributed by atoms with E-state index in [2.05, 4.69) is 71.8 Å². The maximum absolute atomic E-state index is 10.8. The Morgan fingerprint density at radius 2 is 1.57 bits per heavy atom. The third-order valence-corrected chi connectivity index (χ3v) is 8.07. The van der Waals surface area contributed by atoms with Crippen LogP contribution in [0, 0.1) is 5.92 Å². The number of nitrogens with one attached hydrogen (secondary N) is 1. The lowest BCUT2D eigenvalue weighted by Gasteiger charge is -2.46. The topological polar surface area (TPSA) is 68.0 Å². The summed E-state index contributed by atoms with van der Waals surface area (Å²) < 4.78 is 0. The molecule has 4 N–H and O–H groups in total. The molecule has 1 saturated carbocycles. The summed E-state index contributed by atoms with van der Waals surface area (Å²) >= 11 is 0. The number of aliphatic hydroxyl groups excluding tert-OH is 1. The van der Waals surface area contributed by atoms with Gasteiger partial charge in [0.1, 0.15) is 5.76 Å². The highest BCUT2D eigenvalue weighted by atomic mass is 16.3. The smallest absolute Gasteiger partial charge is 0.107 e. The summed E-state index contributed by atoms with van der Waals surface area (Å²) in [5.74, 6) is 1.11. The zero-order chi connectivity index (χ0) is 27.2. The van der Waals surface area contributed by atoms with Gasteiger partial charge >= 0.3 is 0 Å². The fraction of sp³-hybridized carbons (Fsp3) is 0.742. The van der Waals surface area contributed by atoms with E-state index in [1.54, 1.807) is 0 Å². The fourth-order valence-electron chi connectivity index (χ4n) is 6.20. The number of hydrogen-bond acceptors (Lipinski definition) is 6. The molecule has 2 saturated heterocycles. The minimum absolute atomic E-state index is 0.516. The first kappa shape index (κ1) is 31.6. The van der Waals surface area contributed by atoms with E-state index in [1.807, 2.05) is 13.1 Å². The Balaban J connectivity index is 0.00000235. The summed E-state index contributed by atoms with van der Waals surface area (Å²) in [5.41, 5.74) is 8.59. The van der Waals surface area contributed by atoms with E-state index in [1.165, 1.54) is 81.8 Å². The number of rotatable bonds is 9. The summed E-state index contributed by atoms with van der Waals surface area (Å²) in [6.07, 6.45) is 17.7.